The van der Waals surface area contributed by atoms with Gasteiger partial charge < -0.3 is 4.74 Å². The highest BCUT2D eigenvalue weighted by atomic mass is 35.5. The fourth-order valence-corrected chi connectivity index (χ4v) is 3.60. The van der Waals surface area contributed by atoms with Crippen molar-refractivity contribution in [1.29, 1.82) is 0 Å². The summed E-state index contributed by atoms with van der Waals surface area (Å²) in [5.74, 6) is 0.707. The maximum Gasteiger partial charge on any atom is 0.144 e. The number of nitrogens with zero attached hydrogens (tertiary/aromatic N) is 3. The molecule has 0 aromatic heterocycles. The topological polar surface area (TPSA) is 58.3 Å². The third-order valence-electron chi connectivity index (χ3n) is 4.79. The minimum absolute atomic E-state index is 0.0957. The molecule has 6 heteroatoms. The van der Waals surface area contributed by atoms with E-state index in [2.05, 4.69) is 10.5 Å². The van der Waals surface area contributed by atoms with Crippen LogP contribution in [0.15, 0.2) is 63.6 Å². The maximum absolute atomic E-state index is 6.24. The summed E-state index contributed by atoms with van der Waals surface area (Å²) in [5, 5.41) is 5.21. The molecule has 5 nitrogen and oxygen atoms in total. The summed E-state index contributed by atoms with van der Waals surface area (Å²) in [5.41, 5.74) is 7.83. The summed E-state index contributed by atoms with van der Waals surface area (Å²) in [4.78, 5) is 9.56. The Bertz CT molecular complexity index is 921. The SMILES string of the molecule is COC1CCC/C1=N/NC1=Nc2ccc(Cl)cc2C(c2ccccc2)=NC1. The third-order valence-corrected chi connectivity index (χ3v) is 5.02. The van der Waals surface area contributed by atoms with Crippen LogP contribution in [0.5, 0.6) is 0 Å². The van der Waals surface area contributed by atoms with Gasteiger partial charge in [0, 0.05) is 23.3 Å². The number of nitrogens with one attached hydrogen (secondary N) is 1. The highest BCUT2D eigenvalue weighted by Crippen LogP contribution is 2.28. The van der Waals surface area contributed by atoms with Crippen LogP contribution in [0.2, 0.25) is 5.02 Å². The highest BCUT2D eigenvalue weighted by Gasteiger charge is 2.22. The van der Waals surface area contributed by atoms with Crippen molar-refractivity contribution in [3.63, 3.8) is 0 Å². The highest BCUT2D eigenvalue weighted by molar-refractivity contribution is 6.31. The number of rotatable bonds is 3. The first-order valence-electron chi connectivity index (χ1n) is 9.07. The molecule has 4 rings (SSSR count). The molecule has 27 heavy (non-hydrogen) atoms. The molecule has 2 aliphatic rings. The van der Waals surface area contributed by atoms with Crippen molar-refractivity contribution in [1.82, 2.24) is 5.43 Å². The van der Waals surface area contributed by atoms with Crippen LogP contribution in [-0.4, -0.2) is 37.0 Å². The summed E-state index contributed by atoms with van der Waals surface area (Å²) in [6.07, 6.45) is 3.16. The van der Waals surface area contributed by atoms with Crippen LogP contribution in [0.4, 0.5) is 5.69 Å². The van der Waals surface area contributed by atoms with Crippen molar-refractivity contribution in [3.8, 4) is 0 Å². The number of amidine groups is 1. The fraction of sp³-hybridized carbons (Fsp3) is 0.286. The normalized spacial score (nSPS) is 20.7. The Hall–Kier alpha value is -2.50. The van der Waals surface area contributed by atoms with Crippen molar-refractivity contribution in [2.75, 3.05) is 13.7 Å². The molecule has 1 aliphatic carbocycles. The summed E-state index contributed by atoms with van der Waals surface area (Å²) in [6, 6.07) is 15.8. The second kappa shape index (κ2) is 8.03. The Balaban J connectivity index is 1.67. The first-order chi connectivity index (χ1) is 13.2. The van der Waals surface area contributed by atoms with Gasteiger partial charge in [-0.15, -0.1) is 0 Å². The Kier molecular flexibility index (Phi) is 5.32. The third kappa shape index (κ3) is 3.94. The minimum atomic E-state index is 0.0957. The molecule has 1 heterocycles. The molecular weight excluding hydrogens is 360 g/mol. The number of hydrogen-bond acceptors (Lipinski definition) is 5. The number of aliphatic imine (C=N–C) groups is 2. The Morgan fingerprint density at radius 3 is 2.85 bits per heavy atom. The van der Waals surface area contributed by atoms with Crippen LogP contribution in [0.3, 0.4) is 0 Å². The molecule has 1 unspecified atom stereocenters. The number of halogens is 1. The number of ether oxygens (including phenoxy) is 1. The molecule has 1 saturated carbocycles. The monoisotopic (exact) mass is 380 g/mol. The fourth-order valence-electron chi connectivity index (χ4n) is 3.43. The van der Waals surface area contributed by atoms with Gasteiger partial charge in [0.1, 0.15) is 5.84 Å². The first kappa shape index (κ1) is 17.9. The second-order valence-corrected chi connectivity index (χ2v) is 7.02. The zero-order valence-electron chi connectivity index (χ0n) is 15.2. The van der Waals surface area contributed by atoms with Gasteiger partial charge in [0.2, 0.25) is 0 Å². The Labute approximate surface area is 163 Å². The second-order valence-electron chi connectivity index (χ2n) is 6.58. The number of hydrogen-bond donors (Lipinski definition) is 1. The van der Waals surface area contributed by atoms with E-state index >= 15 is 0 Å². The average molecular weight is 381 g/mol. The van der Waals surface area contributed by atoms with Crippen LogP contribution in [0.25, 0.3) is 0 Å². The van der Waals surface area contributed by atoms with Crippen LogP contribution >= 0.6 is 11.6 Å². The molecule has 2 aromatic rings. The van der Waals surface area contributed by atoms with E-state index in [-0.39, 0.29) is 6.10 Å². The summed E-state index contributed by atoms with van der Waals surface area (Å²) < 4.78 is 5.48. The molecular formula is C21H21ClN4O. The number of methoxy groups -OCH3 is 1. The van der Waals surface area contributed by atoms with Gasteiger partial charge in [-0.25, -0.2) is 4.99 Å². The largest absolute Gasteiger partial charge is 0.375 e. The van der Waals surface area contributed by atoms with E-state index in [4.69, 9.17) is 26.3 Å². The zero-order chi connectivity index (χ0) is 18.6. The van der Waals surface area contributed by atoms with Gasteiger partial charge in [0.05, 0.1) is 29.8 Å². The van der Waals surface area contributed by atoms with Crippen molar-refractivity contribution in [2.24, 2.45) is 15.1 Å². The standard InChI is InChI=1S/C21H21ClN4O/c1-27-19-9-5-8-18(19)25-26-20-13-23-21(14-6-3-2-4-7-14)16-12-15(22)10-11-17(16)24-20/h2-4,6-7,10-12,19H,5,8-9,13H2,1H3,(H,24,26)/b25-18-. The molecule has 1 fully saturated rings. The predicted octanol–water partition coefficient (Wildman–Crippen LogP) is 4.37. The van der Waals surface area contributed by atoms with E-state index < -0.39 is 0 Å². The summed E-state index contributed by atoms with van der Waals surface area (Å²) >= 11 is 6.24. The number of benzene rings is 2. The molecule has 0 bridgehead atoms. The molecule has 0 radical (unpaired) electrons. The van der Waals surface area contributed by atoms with E-state index in [9.17, 15) is 0 Å². The van der Waals surface area contributed by atoms with E-state index in [1.54, 1.807) is 7.11 Å². The van der Waals surface area contributed by atoms with Gasteiger partial charge in [-0.1, -0.05) is 41.9 Å². The Morgan fingerprint density at radius 1 is 1.19 bits per heavy atom. The maximum atomic E-state index is 6.24. The molecule has 0 saturated heterocycles. The van der Waals surface area contributed by atoms with Crippen LogP contribution in [-0.2, 0) is 4.74 Å². The van der Waals surface area contributed by atoms with E-state index in [1.165, 1.54) is 0 Å². The molecule has 1 N–H and O–H groups in total. The lowest BCUT2D eigenvalue weighted by Crippen LogP contribution is -2.25. The number of fused-ring (bicyclic) bond motifs is 1. The van der Waals surface area contributed by atoms with Crippen molar-refractivity contribution in [3.05, 3.63) is 64.7 Å². The first-order valence-corrected chi connectivity index (χ1v) is 9.45. The number of hydrazone groups is 1. The van der Waals surface area contributed by atoms with Gasteiger partial charge in [-0.05, 0) is 37.5 Å². The molecule has 138 valence electrons. The predicted molar refractivity (Wildman–Crippen MR) is 111 cm³/mol. The summed E-state index contributed by atoms with van der Waals surface area (Å²) in [6.45, 7) is 0.422. The smallest absolute Gasteiger partial charge is 0.144 e. The van der Waals surface area contributed by atoms with Gasteiger partial charge in [0.15, 0.2) is 0 Å². The van der Waals surface area contributed by atoms with Crippen LogP contribution < -0.4 is 5.43 Å². The lowest BCUT2D eigenvalue weighted by atomic mass is 10.0. The van der Waals surface area contributed by atoms with E-state index in [0.29, 0.717) is 17.4 Å². The van der Waals surface area contributed by atoms with E-state index in [1.807, 2.05) is 48.5 Å². The lowest BCUT2D eigenvalue weighted by Gasteiger charge is -2.09. The van der Waals surface area contributed by atoms with Crippen LogP contribution in [0.1, 0.15) is 30.4 Å². The lowest BCUT2D eigenvalue weighted by molar-refractivity contribution is 0.156. The van der Waals surface area contributed by atoms with Crippen molar-refractivity contribution in [2.45, 2.75) is 25.4 Å². The Morgan fingerprint density at radius 2 is 2.04 bits per heavy atom. The quantitative estimate of drug-likeness (QED) is 0.804. The van der Waals surface area contributed by atoms with Gasteiger partial charge in [-0.3, -0.25) is 10.4 Å². The van der Waals surface area contributed by atoms with Gasteiger partial charge in [-0.2, -0.15) is 5.10 Å². The van der Waals surface area contributed by atoms with Crippen molar-refractivity contribution >= 4 is 34.5 Å². The van der Waals surface area contributed by atoms with Crippen molar-refractivity contribution < 1.29 is 4.74 Å². The molecule has 2 aromatic carbocycles. The molecule has 1 aliphatic heterocycles. The van der Waals surface area contributed by atoms with Gasteiger partial charge >= 0.3 is 0 Å². The van der Waals surface area contributed by atoms with E-state index in [0.717, 1.165) is 47.5 Å². The zero-order valence-corrected chi connectivity index (χ0v) is 15.9. The van der Waals surface area contributed by atoms with Crippen LogP contribution in [0, 0.1) is 0 Å². The average Bonchev–Trinajstić information content (AvgIpc) is 3.08. The molecule has 1 atom stereocenters. The molecule has 0 spiro atoms. The minimum Gasteiger partial charge on any atom is -0.375 e. The summed E-state index contributed by atoms with van der Waals surface area (Å²) in [7, 11) is 1.73. The van der Waals surface area contributed by atoms with Gasteiger partial charge in [0.25, 0.3) is 0 Å². The molecule has 0 amide bonds.